The SMILES string of the molecule is COOCc1cc(C(=O)OC)cc(S(=O)[O-])c1. The third-order valence-electron chi connectivity index (χ3n) is 1.92. The fraction of sp³-hybridized carbons (Fsp3) is 0.300. The Hall–Kier alpha value is -1.28. The molecule has 0 amide bonds. The van der Waals surface area contributed by atoms with Gasteiger partial charge in [-0.1, -0.05) is 0 Å². The van der Waals surface area contributed by atoms with Crippen LogP contribution in [-0.2, 0) is 32.2 Å². The minimum Gasteiger partial charge on any atom is -0.768 e. The summed E-state index contributed by atoms with van der Waals surface area (Å²) in [6, 6.07) is 4.08. The molecule has 1 aromatic carbocycles. The number of carbonyl (C=O) groups is 1. The van der Waals surface area contributed by atoms with Gasteiger partial charge in [-0.3, -0.25) is 4.21 Å². The number of rotatable bonds is 5. The first-order valence-electron chi connectivity index (χ1n) is 4.55. The summed E-state index contributed by atoms with van der Waals surface area (Å²) in [6.45, 7) is 0.0333. The van der Waals surface area contributed by atoms with Crippen LogP contribution in [0.5, 0.6) is 0 Å². The van der Waals surface area contributed by atoms with Crippen LogP contribution in [0.2, 0.25) is 0 Å². The number of carbonyl (C=O) groups excluding carboxylic acids is 1. The molecule has 0 saturated heterocycles. The van der Waals surface area contributed by atoms with Gasteiger partial charge in [0.05, 0.1) is 19.8 Å². The maximum Gasteiger partial charge on any atom is 0.337 e. The predicted molar refractivity (Wildman–Crippen MR) is 56.8 cm³/mol. The highest BCUT2D eigenvalue weighted by molar-refractivity contribution is 7.79. The Morgan fingerprint density at radius 2 is 2.06 bits per heavy atom. The van der Waals surface area contributed by atoms with Crippen molar-refractivity contribution in [2.24, 2.45) is 0 Å². The van der Waals surface area contributed by atoms with Crippen molar-refractivity contribution in [3.63, 3.8) is 0 Å². The van der Waals surface area contributed by atoms with Gasteiger partial charge in [-0.25, -0.2) is 14.6 Å². The summed E-state index contributed by atoms with van der Waals surface area (Å²) in [7, 11) is 2.55. The van der Waals surface area contributed by atoms with E-state index in [4.69, 9.17) is 0 Å². The fourth-order valence-electron chi connectivity index (χ4n) is 1.20. The standard InChI is InChI=1S/C10H12O6S/c1-14-10(11)8-3-7(6-16-15-2)4-9(5-8)17(12)13/h3-5H,6H2,1-2H3,(H,12,13)/p-1. The van der Waals surface area contributed by atoms with Crippen LogP contribution in [0.15, 0.2) is 23.1 Å². The number of benzene rings is 1. The average Bonchev–Trinajstić information content (AvgIpc) is 2.34. The highest BCUT2D eigenvalue weighted by atomic mass is 32.2. The number of hydrogen-bond acceptors (Lipinski definition) is 6. The van der Waals surface area contributed by atoms with Crippen molar-refractivity contribution in [3.05, 3.63) is 29.3 Å². The zero-order valence-corrected chi connectivity index (χ0v) is 10.1. The molecule has 1 aromatic rings. The Morgan fingerprint density at radius 1 is 1.35 bits per heavy atom. The van der Waals surface area contributed by atoms with Crippen LogP contribution >= 0.6 is 0 Å². The van der Waals surface area contributed by atoms with E-state index in [2.05, 4.69) is 14.5 Å². The Labute approximate surface area is 101 Å². The Bertz CT molecular complexity index is 431. The van der Waals surface area contributed by atoms with Crippen LogP contribution in [0.25, 0.3) is 0 Å². The zero-order chi connectivity index (χ0) is 12.8. The molecule has 0 spiro atoms. The molecular formula is C10H11O6S-. The molecule has 0 aliphatic heterocycles. The van der Waals surface area contributed by atoms with E-state index in [1.165, 1.54) is 32.4 Å². The summed E-state index contributed by atoms with van der Waals surface area (Å²) in [6.07, 6.45) is 0. The van der Waals surface area contributed by atoms with Crippen molar-refractivity contribution in [1.82, 2.24) is 0 Å². The van der Waals surface area contributed by atoms with Crippen LogP contribution in [0.4, 0.5) is 0 Å². The summed E-state index contributed by atoms with van der Waals surface area (Å²) in [5.41, 5.74) is 0.637. The summed E-state index contributed by atoms with van der Waals surface area (Å²) in [5.74, 6) is -0.615. The van der Waals surface area contributed by atoms with E-state index >= 15 is 0 Å². The molecule has 17 heavy (non-hydrogen) atoms. The third kappa shape index (κ3) is 3.90. The second kappa shape index (κ2) is 6.45. The average molecular weight is 259 g/mol. The van der Waals surface area contributed by atoms with Crippen LogP contribution in [0.3, 0.4) is 0 Å². The minimum absolute atomic E-state index is 0.0115. The zero-order valence-electron chi connectivity index (χ0n) is 9.30. The topological polar surface area (TPSA) is 84.9 Å². The fourth-order valence-corrected chi connectivity index (χ4v) is 1.67. The van der Waals surface area contributed by atoms with E-state index in [1.54, 1.807) is 0 Å². The van der Waals surface area contributed by atoms with E-state index in [0.717, 1.165) is 0 Å². The molecule has 1 unspecified atom stereocenters. The van der Waals surface area contributed by atoms with E-state index in [0.29, 0.717) is 5.56 Å². The van der Waals surface area contributed by atoms with Crippen molar-refractivity contribution in [1.29, 1.82) is 0 Å². The van der Waals surface area contributed by atoms with E-state index < -0.39 is 17.0 Å². The van der Waals surface area contributed by atoms with Gasteiger partial charge in [-0.2, -0.15) is 0 Å². The molecule has 7 heteroatoms. The Morgan fingerprint density at radius 3 is 2.59 bits per heavy atom. The van der Waals surface area contributed by atoms with Gasteiger partial charge in [0, 0.05) is 4.90 Å². The molecule has 6 nitrogen and oxygen atoms in total. The van der Waals surface area contributed by atoms with Gasteiger partial charge >= 0.3 is 5.97 Å². The Kier molecular flexibility index (Phi) is 5.23. The molecule has 1 atom stereocenters. The number of hydrogen-bond donors (Lipinski definition) is 0. The lowest BCUT2D eigenvalue weighted by Crippen LogP contribution is -2.05. The second-order valence-electron chi connectivity index (χ2n) is 3.02. The molecule has 0 heterocycles. The molecule has 0 radical (unpaired) electrons. The van der Waals surface area contributed by atoms with E-state index in [1.807, 2.05) is 0 Å². The molecule has 0 saturated carbocycles. The maximum absolute atomic E-state index is 11.3. The number of methoxy groups -OCH3 is 1. The number of ether oxygens (including phenoxy) is 1. The van der Waals surface area contributed by atoms with Gasteiger partial charge in [0.2, 0.25) is 0 Å². The third-order valence-corrected chi connectivity index (χ3v) is 2.54. The van der Waals surface area contributed by atoms with Gasteiger partial charge < -0.3 is 9.29 Å². The van der Waals surface area contributed by atoms with Crippen molar-refractivity contribution >= 4 is 17.0 Å². The quantitative estimate of drug-likeness (QED) is 0.336. The molecule has 0 aromatic heterocycles. The van der Waals surface area contributed by atoms with E-state index in [9.17, 15) is 13.6 Å². The minimum atomic E-state index is -2.43. The monoisotopic (exact) mass is 259 g/mol. The Balaban J connectivity index is 3.09. The molecule has 0 aliphatic rings. The molecule has 0 bridgehead atoms. The summed E-state index contributed by atoms with van der Waals surface area (Å²) in [5, 5.41) is 0. The smallest absolute Gasteiger partial charge is 0.337 e. The van der Waals surface area contributed by atoms with Crippen molar-refractivity contribution in [2.45, 2.75) is 11.5 Å². The molecule has 0 aliphatic carbocycles. The highest BCUT2D eigenvalue weighted by Gasteiger charge is 2.09. The largest absolute Gasteiger partial charge is 0.768 e. The van der Waals surface area contributed by atoms with Crippen LogP contribution in [0, 0.1) is 0 Å². The van der Waals surface area contributed by atoms with Crippen molar-refractivity contribution < 1.29 is 28.1 Å². The lowest BCUT2D eigenvalue weighted by atomic mass is 10.1. The maximum atomic E-state index is 11.3. The highest BCUT2D eigenvalue weighted by Crippen LogP contribution is 2.15. The summed E-state index contributed by atoms with van der Waals surface area (Å²) >= 11 is -2.43. The van der Waals surface area contributed by atoms with Gasteiger partial charge in [-0.15, -0.1) is 0 Å². The molecule has 1 rings (SSSR count). The molecule has 0 fully saturated rings. The van der Waals surface area contributed by atoms with E-state index in [-0.39, 0.29) is 17.1 Å². The molecule has 0 N–H and O–H groups in total. The summed E-state index contributed by atoms with van der Waals surface area (Å²) < 4.78 is 26.3. The first kappa shape index (κ1) is 13.8. The number of esters is 1. The van der Waals surface area contributed by atoms with Gasteiger partial charge in [0.1, 0.15) is 6.61 Å². The van der Waals surface area contributed by atoms with Gasteiger partial charge in [0.15, 0.2) is 0 Å². The lowest BCUT2D eigenvalue weighted by Gasteiger charge is -2.10. The van der Waals surface area contributed by atoms with Crippen LogP contribution < -0.4 is 0 Å². The first-order chi connectivity index (χ1) is 8.08. The van der Waals surface area contributed by atoms with Crippen molar-refractivity contribution in [3.8, 4) is 0 Å². The van der Waals surface area contributed by atoms with Crippen molar-refractivity contribution in [2.75, 3.05) is 14.2 Å². The molecule has 94 valence electrons. The van der Waals surface area contributed by atoms with Gasteiger partial charge in [0.25, 0.3) is 0 Å². The van der Waals surface area contributed by atoms with Gasteiger partial charge in [-0.05, 0) is 34.8 Å². The second-order valence-corrected chi connectivity index (χ2v) is 3.96. The lowest BCUT2D eigenvalue weighted by molar-refractivity contribution is -0.282. The summed E-state index contributed by atoms with van der Waals surface area (Å²) in [4.78, 5) is 20.4. The van der Waals surface area contributed by atoms with Crippen LogP contribution in [-0.4, -0.2) is 29.0 Å². The molecular weight excluding hydrogens is 248 g/mol. The predicted octanol–water partition coefficient (Wildman–Crippen LogP) is 0.789. The first-order valence-corrected chi connectivity index (χ1v) is 5.63. The normalized spacial score (nSPS) is 12.2. The van der Waals surface area contributed by atoms with Crippen LogP contribution in [0.1, 0.15) is 15.9 Å².